The van der Waals surface area contributed by atoms with Crippen molar-refractivity contribution in [3.63, 3.8) is 0 Å². The third-order valence-corrected chi connectivity index (χ3v) is 4.40. The van der Waals surface area contributed by atoms with Crippen LogP contribution >= 0.6 is 11.3 Å². The second kappa shape index (κ2) is 5.60. The molecule has 0 fully saturated rings. The second-order valence-electron chi connectivity index (χ2n) is 3.92. The van der Waals surface area contributed by atoms with Crippen molar-refractivity contribution in [3.05, 3.63) is 51.4 Å². The van der Waals surface area contributed by atoms with Gasteiger partial charge in [-0.05, 0) is 30.3 Å². The van der Waals surface area contributed by atoms with Gasteiger partial charge in [0.2, 0.25) is 10.0 Å². The van der Waals surface area contributed by atoms with Gasteiger partial charge in [-0.2, -0.15) is 0 Å². The maximum absolute atomic E-state index is 11.9. The Hall–Kier alpha value is -2.30. The SMILES string of the molecule is NS(=O)(=O)c1ccc(NC(=O)c2ccc([N+](=O)[O-])s2)cc1. The van der Waals surface area contributed by atoms with Crippen LogP contribution in [-0.2, 0) is 10.0 Å². The largest absolute Gasteiger partial charge is 0.324 e. The number of amides is 1. The predicted octanol–water partition coefficient (Wildman–Crippen LogP) is 1.56. The summed E-state index contributed by atoms with van der Waals surface area (Å²) in [5, 5.41) is 17.9. The quantitative estimate of drug-likeness (QED) is 0.649. The number of carbonyl (C=O) groups excluding carboxylic acids is 1. The number of carbonyl (C=O) groups is 1. The fourth-order valence-corrected chi connectivity index (χ4v) is 2.70. The van der Waals surface area contributed by atoms with E-state index in [1.165, 1.54) is 36.4 Å². The number of hydrogen-bond acceptors (Lipinski definition) is 6. The molecule has 1 aromatic carbocycles. The lowest BCUT2D eigenvalue weighted by Crippen LogP contribution is -2.13. The molecular weight excluding hydrogens is 318 g/mol. The normalized spacial score (nSPS) is 11.1. The van der Waals surface area contributed by atoms with Crippen LogP contribution in [0.4, 0.5) is 10.7 Å². The van der Waals surface area contributed by atoms with Crippen molar-refractivity contribution in [3.8, 4) is 0 Å². The molecule has 0 atom stereocenters. The summed E-state index contributed by atoms with van der Waals surface area (Å²) in [6.45, 7) is 0. The van der Waals surface area contributed by atoms with Gasteiger partial charge in [-0.3, -0.25) is 14.9 Å². The summed E-state index contributed by atoms with van der Waals surface area (Å²) in [5.41, 5.74) is 0.350. The van der Waals surface area contributed by atoms with Gasteiger partial charge in [0.25, 0.3) is 5.91 Å². The van der Waals surface area contributed by atoms with Crippen molar-refractivity contribution >= 4 is 38.0 Å². The Bertz CT molecular complexity index is 796. The van der Waals surface area contributed by atoms with Crippen molar-refractivity contribution in [2.75, 3.05) is 5.32 Å². The molecule has 0 saturated carbocycles. The number of benzene rings is 1. The summed E-state index contributed by atoms with van der Waals surface area (Å²) < 4.78 is 22.2. The highest BCUT2D eigenvalue weighted by atomic mass is 32.2. The smallest absolute Gasteiger partial charge is 0.321 e. The van der Waals surface area contributed by atoms with Gasteiger partial charge in [0.1, 0.15) is 0 Å². The third-order valence-electron chi connectivity index (χ3n) is 2.44. The van der Waals surface area contributed by atoms with Crippen LogP contribution in [0.25, 0.3) is 0 Å². The second-order valence-corrected chi connectivity index (χ2v) is 6.54. The number of thiophene rings is 1. The molecule has 1 heterocycles. The lowest BCUT2D eigenvalue weighted by atomic mass is 10.3. The Kier molecular flexibility index (Phi) is 4.02. The minimum atomic E-state index is -3.79. The lowest BCUT2D eigenvalue weighted by molar-refractivity contribution is -0.380. The van der Waals surface area contributed by atoms with E-state index in [-0.39, 0.29) is 14.8 Å². The van der Waals surface area contributed by atoms with E-state index in [2.05, 4.69) is 5.32 Å². The van der Waals surface area contributed by atoms with E-state index >= 15 is 0 Å². The lowest BCUT2D eigenvalue weighted by Gasteiger charge is -2.04. The molecule has 110 valence electrons. The Morgan fingerprint density at radius 3 is 2.29 bits per heavy atom. The molecule has 2 aromatic rings. The maximum atomic E-state index is 11.9. The number of rotatable bonds is 4. The Morgan fingerprint density at radius 1 is 1.19 bits per heavy atom. The van der Waals surface area contributed by atoms with Gasteiger partial charge < -0.3 is 5.32 Å². The first-order valence-corrected chi connectivity index (χ1v) is 7.82. The van der Waals surface area contributed by atoms with Gasteiger partial charge in [-0.15, -0.1) is 0 Å². The number of nitrogens with two attached hydrogens (primary N) is 1. The molecule has 3 N–H and O–H groups in total. The van der Waals surface area contributed by atoms with E-state index < -0.39 is 20.9 Å². The van der Waals surface area contributed by atoms with Crippen LogP contribution in [0.3, 0.4) is 0 Å². The minimum absolute atomic E-state index is 0.0766. The summed E-state index contributed by atoms with van der Waals surface area (Å²) in [4.78, 5) is 21.9. The van der Waals surface area contributed by atoms with Gasteiger partial charge >= 0.3 is 5.00 Å². The number of anilines is 1. The highest BCUT2D eigenvalue weighted by Gasteiger charge is 2.15. The molecule has 2 rings (SSSR count). The fourth-order valence-electron chi connectivity index (χ4n) is 1.47. The van der Waals surface area contributed by atoms with Gasteiger partial charge in [0.05, 0.1) is 14.7 Å². The number of nitro groups is 1. The minimum Gasteiger partial charge on any atom is -0.321 e. The highest BCUT2D eigenvalue weighted by molar-refractivity contribution is 7.89. The predicted molar refractivity (Wildman–Crippen MR) is 76.7 cm³/mol. The summed E-state index contributed by atoms with van der Waals surface area (Å²) in [5.74, 6) is -0.517. The number of primary sulfonamides is 1. The number of hydrogen-bond donors (Lipinski definition) is 2. The standard InChI is InChI=1S/C11H9N3O5S2/c12-21(18,19)8-3-1-7(2-4-8)13-11(15)9-5-6-10(20-9)14(16)17/h1-6H,(H,13,15)(H2,12,18,19). The van der Waals surface area contributed by atoms with Crippen molar-refractivity contribution in [1.29, 1.82) is 0 Å². The molecule has 0 saturated heterocycles. The number of sulfonamides is 1. The average Bonchev–Trinajstić information content (AvgIpc) is 2.88. The molecule has 21 heavy (non-hydrogen) atoms. The van der Waals surface area contributed by atoms with E-state index in [4.69, 9.17) is 5.14 Å². The van der Waals surface area contributed by atoms with Crippen LogP contribution in [0.15, 0.2) is 41.3 Å². The molecule has 8 nitrogen and oxygen atoms in total. The van der Waals surface area contributed by atoms with E-state index in [1.54, 1.807) is 0 Å². The molecular formula is C11H9N3O5S2. The Labute approximate surface area is 123 Å². The maximum Gasteiger partial charge on any atom is 0.324 e. The van der Waals surface area contributed by atoms with Crippen LogP contribution in [0.2, 0.25) is 0 Å². The molecule has 1 aromatic heterocycles. The van der Waals surface area contributed by atoms with Crippen LogP contribution in [-0.4, -0.2) is 19.2 Å². The number of nitrogens with one attached hydrogen (secondary N) is 1. The zero-order valence-corrected chi connectivity index (χ0v) is 12.0. The summed E-state index contributed by atoms with van der Waals surface area (Å²) in [7, 11) is -3.79. The van der Waals surface area contributed by atoms with Crippen molar-refractivity contribution in [1.82, 2.24) is 0 Å². The van der Waals surface area contributed by atoms with Crippen LogP contribution in [0, 0.1) is 10.1 Å². The molecule has 1 amide bonds. The first-order valence-electron chi connectivity index (χ1n) is 5.46. The zero-order valence-electron chi connectivity index (χ0n) is 10.3. The summed E-state index contributed by atoms with van der Waals surface area (Å²) >= 11 is 0.749. The van der Waals surface area contributed by atoms with E-state index in [0.29, 0.717) is 5.69 Å². The summed E-state index contributed by atoms with van der Waals surface area (Å²) in [6, 6.07) is 7.84. The van der Waals surface area contributed by atoms with Gasteiger partial charge in [0.15, 0.2) is 0 Å². The summed E-state index contributed by atoms with van der Waals surface area (Å²) in [6.07, 6.45) is 0. The van der Waals surface area contributed by atoms with Gasteiger partial charge in [-0.1, -0.05) is 11.3 Å². The third kappa shape index (κ3) is 3.62. The topological polar surface area (TPSA) is 132 Å². The number of nitrogens with zero attached hydrogens (tertiary/aromatic N) is 1. The zero-order chi connectivity index (χ0) is 15.6. The molecule has 10 heteroatoms. The van der Waals surface area contributed by atoms with Crippen LogP contribution in [0.1, 0.15) is 9.67 Å². The molecule has 0 radical (unpaired) electrons. The molecule has 0 bridgehead atoms. The Morgan fingerprint density at radius 2 is 1.81 bits per heavy atom. The van der Waals surface area contributed by atoms with E-state index in [9.17, 15) is 23.3 Å². The molecule has 0 aliphatic heterocycles. The monoisotopic (exact) mass is 327 g/mol. The van der Waals surface area contributed by atoms with Gasteiger partial charge in [0, 0.05) is 11.8 Å². The highest BCUT2D eigenvalue weighted by Crippen LogP contribution is 2.24. The first-order chi connectivity index (χ1) is 9.77. The van der Waals surface area contributed by atoms with E-state index in [1.807, 2.05) is 0 Å². The molecule has 0 aliphatic rings. The van der Waals surface area contributed by atoms with Crippen LogP contribution in [0.5, 0.6) is 0 Å². The van der Waals surface area contributed by atoms with Crippen LogP contribution < -0.4 is 10.5 Å². The molecule has 0 aliphatic carbocycles. The van der Waals surface area contributed by atoms with Crippen molar-refractivity contribution in [2.24, 2.45) is 5.14 Å². The Balaban J connectivity index is 2.14. The van der Waals surface area contributed by atoms with Crippen molar-refractivity contribution < 1.29 is 18.1 Å². The molecule has 0 spiro atoms. The fraction of sp³-hybridized carbons (Fsp3) is 0. The van der Waals surface area contributed by atoms with Crippen molar-refractivity contribution in [2.45, 2.75) is 4.90 Å². The first kappa shape index (κ1) is 15.1. The molecule has 0 unspecified atom stereocenters. The van der Waals surface area contributed by atoms with Gasteiger partial charge in [-0.25, -0.2) is 13.6 Å². The van der Waals surface area contributed by atoms with E-state index in [0.717, 1.165) is 11.3 Å². The average molecular weight is 327 g/mol.